The minimum Gasteiger partial charge on any atom is -0.354 e. The molecule has 0 bridgehead atoms. The summed E-state index contributed by atoms with van der Waals surface area (Å²) in [6, 6.07) is 8.39. The smallest absolute Gasteiger partial charge is 0.128 e. The zero-order chi connectivity index (χ0) is 13.8. The molecule has 2 aromatic heterocycles. The maximum absolute atomic E-state index is 4.51. The molecule has 1 saturated heterocycles. The second-order valence-corrected chi connectivity index (χ2v) is 5.32. The minimum atomic E-state index is 0.989. The summed E-state index contributed by atoms with van der Waals surface area (Å²) < 4.78 is 0. The number of anilines is 1. The van der Waals surface area contributed by atoms with Gasteiger partial charge in [-0.05, 0) is 30.2 Å². The molecule has 4 nitrogen and oxygen atoms in total. The van der Waals surface area contributed by atoms with E-state index in [-0.39, 0.29) is 0 Å². The van der Waals surface area contributed by atoms with Crippen molar-refractivity contribution in [1.29, 1.82) is 0 Å². The summed E-state index contributed by atoms with van der Waals surface area (Å²) in [4.78, 5) is 13.5. The number of hydrogen-bond donors (Lipinski definition) is 0. The van der Waals surface area contributed by atoms with Crippen LogP contribution in [0.4, 0.5) is 5.82 Å². The Balaban J connectivity index is 1.55. The van der Waals surface area contributed by atoms with Crippen molar-refractivity contribution in [3.05, 3.63) is 54.0 Å². The van der Waals surface area contributed by atoms with Crippen molar-refractivity contribution >= 4 is 5.82 Å². The highest BCUT2D eigenvalue weighted by atomic mass is 15.3. The number of pyridine rings is 2. The van der Waals surface area contributed by atoms with Gasteiger partial charge < -0.3 is 4.90 Å². The average molecular weight is 268 g/mol. The zero-order valence-electron chi connectivity index (χ0n) is 11.9. The largest absolute Gasteiger partial charge is 0.354 e. The van der Waals surface area contributed by atoms with Gasteiger partial charge in [0.25, 0.3) is 0 Å². The van der Waals surface area contributed by atoms with Crippen LogP contribution in [0.5, 0.6) is 0 Å². The number of hydrogen-bond acceptors (Lipinski definition) is 4. The van der Waals surface area contributed by atoms with E-state index in [0.717, 1.165) is 38.5 Å². The highest BCUT2D eigenvalue weighted by Crippen LogP contribution is 2.15. The van der Waals surface area contributed by atoms with E-state index in [2.05, 4.69) is 44.9 Å². The molecule has 3 heterocycles. The number of piperazine rings is 1. The van der Waals surface area contributed by atoms with Crippen LogP contribution in [-0.2, 0) is 6.54 Å². The van der Waals surface area contributed by atoms with Crippen molar-refractivity contribution in [3.8, 4) is 0 Å². The van der Waals surface area contributed by atoms with Crippen molar-refractivity contribution in [3.63, 3.8) is 0 Å². The predicted molar refractivity (Wildman–Crippen MR) is 80.7 cm³/mol. The molecule has 104 valence electrons. The van der Waals surface area contributed by atoms with Gasteiger partial charge in [0.15, 0.2) is 0 Å². The van der Waals surface area contributed by atoms with Gasteiger partial charge in [0.1, 0.15) is 5.82 Å². The highest BCUT2D eigenvalue weighted by Gasteiger charge is 2.17. The molecule has 4 heteroatoms. The van der Waals surface area contributed by atoms with Gasteiger partial charge in [-0.2, -0.15) is 0 Å². The van der Waals surface area contributed by atoms with Gasteiger partial charge in [-0.3, -0.25) is 9.88 Å². The Morgan fingerprint density at radius 1 is 1.05 bits per heavy atom. The van der Waals surface area contributed by atoms with Crippen LogP contribution in [0.25, 0.3) is 0 Å². The van der Waals surface area contributed by atoms with E-state index in [9.17, 15) is 0 Å². The van der Waals surface area contributed by atoms with Crippen LogP contribution >= 0.6 is 0 Å². The Morgan fingerprint density at radius 2 is 1.90 bits per heavy atom. The molecule has 0 spiro atoms. The van der Waals surface area contributed by atoms with Crippen LogP contribution < -0.4 is 4.90 Å². The van der Waals surface area contributed by atoms with Crippen LogP contribution in [0.1, 0.15) is 11.1 Å². The number of aromatic nitrogens is 2. The molecule has 0 aliphatic carbocycles. The SMILES string of the molecule is Cc1ccc(N2CCN(Cc3cccnc3)CC2)nc1. The van der Waals surface area contributed by atoms with Gasteiger partial charge in [0.2, 0.25) is 0 Å². The third-order valence-electron chi connectivity index (χ3n) is 3.72. The summed E-state index contributed by atoms with van der Waals surface area (Å²) in [6.45, 7) is 7.28. The zero-order valence-corrected chi connectivity index (χ0v) is 11.9. The Labute approximate surface area is 120 Å². The Morgan fingerprint density at radius 3 is 2.55 bits per heavy atom. The van der Waals surface area contributed by atoms with E-state index in [1.807, 2.05) is 24.7 Å². The molecule has 1 aliphatic rings. The number of rotatable bonds is 3. The molecule has 0 saturated carbocycles. The second-order valence-electron chi connectivity index (χ2n) is 5.32. The highest BCUT2D eigenvalue weighted by molar-refractivity contribution is 5.39. The van der Waals surface area contributed by atoms with Crippen LogP contribution in [0, 0.1) is 6.92 Å². The molecule has 0 N–H and O–H groups in total. The van der Waals surface area contributed by atoms with Crippen LogP contribution in [0.15, 0.2) is 42.9 Å². The molecular weight excluding hydrogens is 248 g/mol. The molecule has 0 unspecified atom stereocenters. The van der Waals surface area contributed by atoms with Crippen molar-refractivity contribution in [1.82, 2.24) is 14.9 Å². The molecule has 3 rings (SSSR count). The molecule has 0 aromatic carbocycles. The Kier molecular flexibility index (Phi) is 3.92. The fourth-order valence-electron chi connectivity index (χ4n) is 2.53. The van der Waals surface area contributed by atoms with Gasteiger partial charge in [-0.15, -0.1) is 0 Å². The normalized spacial score (nSPS) is 16.4. The van der Waals surface area contributed by atoms with Crippen LogP contribution in [0.2, 0.25) is 0 Å². The number of nitrogens with zero attached hydrogens (tertiary/aromatic N) is 4. The minimum absolute atomic E-state index is 0.989. The second kappa shape index (κ2) is 6.01. The Bertz CT molecular complexity index is 530. The van der Waals surface area contributed by atoms with E-state index < -0.39 is 0 Å². The predicted octanol–water partition coefficient (Wildman–Crippen LogP) is 2.11. The van der Waals surface area contributed by atoms with Crippen LogP contribution in [0.3, 0.4) is 0 Å². The van der Waals surface area contributed by atoms with Gasteiger partial charge in [0, 0.05) is 51.3 Å². The van der Waals surface area contributed by atoms with Crippen molar-refractivity contribution in [2.24, 2.45) is 0 Å². The van der Waals surface area contributed by atoms with Crippen molar-refractivity contribution in [2.45, 2.75) is 13.5 Å². The lowest BCUT2D eigenvalue weighted by Crippen LogP contribution is -2.46. The number of aryl methyl sites for hydroxylation is 1. The van der Waals surface area contributed by atoms with Crippen molar-refractivity contribution < 1.29 is 0 Å². The molecule has 1 aliphatic heterocycles. The quantitative estimate of drug-likeness (QED) is 0.853. The summed E-state index contributed by atoms with van der Waals surface area (Å²) in [7, 11) is 0. The fourth-order valence-corrected chi connectivity index (χ4v) is 2.53. The topological polar surface area (TPSA) is 32.3 Å². The molecule has 0 amide bonds. The van der Waals surface area contributed by atoms with Crippen molar-refractivity contribution in [2.75, 3.05) is 31.1 Å². The summed E-state index contributed by atoms with van der Waals surface area (Å²) >= 11 is 0. The van der Waals surface area contributed by atoms with Gasteiger partial charge >= 0.3 is 0 Å². The third-order valence-corrected chi connectivity index (χ3v) is 3.72. The average Bonchev–Trinajstić information content (AvgIpc) is 2.50. The molecule has 2 aromatic rings. The van der Waals surface area contributed by atoms with E-state index >= 15 is 0 Å². The van der Waals surface area contributed by atoms with E-state index in [1.165, 1.54) is 11.1 Å². The molecule has 0 radical (unpaired) electrons. The van der Waals surface area contributed by atoms with E-state index in [0.29, 0.717) is 0 Å². The first-order chi connectivity index (χ1) is 9.81. The first kappa shape index (κ1) is 13.1. The summed E-state index contributed by atoms with van der Waals surface area (Å²) in [6.07, 6.45) is 5.72. The summed E-state index contributed by atoms with van der Waals surface area (Å²) in [5.41, 5.74) is 2.50. The summed E-state index contributed by atoms with van der Waals surface area (Å²) in [5.74, 6) is 1.09. The third kappa shape index (κ3) is 3.14. The van der Waals surface area contributed by atoms with Gasteiger partial charge in [-0.25, -0.2) is 4.98 Å². The first-order valence-corrected chi connectivity index (χ1v) is 7.10. The van der Waals surface area contributed by atoms with Crippen LogP contribution in [-0.4, -0.2) is 41.0 Å². The molecule has 1 fully saturated rings. The maximum atomic E-state index is 4.51. The maximum Gasteiger partial charge on any atom is 0.128 e. The first-order valence-electron chi connectivity index (χ1n) is 7.10. The lowest BCUT2D eigenvalue weighted by Gasteiger charge is -2.35. The lowest BCUT2D eigenvalue weighted by molar-refractivity contribution is 0.249. The van der Waals surface area contributed by atoms with Gasteiger partial charge in [0.05, 0.1) is 0 Å². The summed E-state index contributed by atoms with van der Waals surface area (Å²) in [5, 5.41) is 0. The fraction of sp³-hybridized carbons (Fsp3) is 0.375. The monoisotopic (exact) mass is 268 g/mol. The lowest BCUT2D eigenvalue weighted by atomic mass is 10.2. The Hall–Kier alpha value is -1.94. The molecule has 20 heavy (non-hydrogen) atoms. The standard InChI is InChI=1S/C16H20N4/c1-14-4-5-16(18-11-14)20-9-7-19(8-10-20)13-15-3-2-6-17-12-15/h2-6,11-12H,7-10,13H2,1H3. The van der Waals surface area contributed by atoms with Gasteiger partial charge in [-0.1, -0.05) is 12.1 Å². The van der Waals surface area contributed by atoms with E-state index in [4.69, 9.17) is 0 Å². The molecular formula is C16H20N4. The molecule has 0 atom stereocenters. The van der Waals surface area contributed by atoms with E-state index in [1.54, 1.807) is 0 Å².